The van der Waals surface area contributed by atoms with E-state index < -0.39 is 23.5 Å². The zero-order valence-corrected chi connectivity index (χ0v) is 9.00. The zero-order valence-electron chi connectivity index (χ0n) is 9.00. The number of carboxylic acid groups (broad SMARTS) is 1. The maximum absolute atomic E-state index is 13.6. The van der Waals surface area contributed by atoms with E-state index in [1.54, 1.807) is 0 Å². The summed E-state index contributed by atoms with van der Waals surface area (Å²) >= 11 is 0. The Labute approximate surface area is 91.9 Å². The molecule has 1 rings (SSSR count). The summed E-state index contributed by atoms with van der Waals surface area (Å²) in [5, 5.41) is 8.67. The van der Waals surface area contributed by atoms with E-state index in [0.29, 0.717) is 0 Å². The molecule has 0 aromatic heterocycles. The summed E-state index contributed by atoms with van der Waals surface area (Å²) in [4.78, 5) is 10.6. The Balaban J connectivity index is 3.24. The van der Waals surface area contributed by atoms with Crippen molar-refractivity contribution in [1.29, 1.82) is 0 Å². The first-order valence-electron chi connectivity index (χ1n) is 4.70. The summed E-state index contributed by atoms with van der Waals surface area (Å²) < 4.78 is 26.9. The average molecular weight is 229 g/mol. The van der Waals surface area contributed by atoms with Crippen LogP contribution in [0.2, 0.25) is 0 Å². The van der Waals surface area contributed by atoms with Crippen LogP contribution in [0.3, 0.4) is 0 Å². The topological polar surface area (TPSA) is 63.3 Å². The van der Waals surface area contributed by atoms with Gasteiger partial charge in [-0.25, -0.2) is 8.78 Å². The molecular formula is C11H13F2NO2. The van der Waals surface area contributed by atoms with Crippen molar-refractivity contribution < 1.29 is 18.7 Å². The molecule has 0 spiro atoms. The number of rotatable bonds is 3. The highest BCUT2D eigenvalue weighted by atomic mass is 19.1. The van der Waals surface area contributed by atoms with Gasteiger partial charge in [-0.15, -0.1) is 0 Å². The number of carbonyl (C=O) groups is 1. The lowest BCUT2D eigenvalue weighted by atomic mass is 9.95. The van der Waals surface area contributed by atoms with Gasteiger partial charge in [-0.1, -0.05) is 6.07 Å². The van der Waals surface area contributed by atoms with Gasteiger partial charge in [0.25, 0.3) is 0 Å². The predicted octanol–water partition coefficient (Wildman–Crippen LogP) is 2.11. The molecule has 5 heteroatoms. The molecule has 0 radical (unpaired) electrons. The second-order valence-electron chi connectivity index (χ2n) is 4.02. The van der Waals surface area contributed by atoms with Crippen molar-refractivity contribution in [3.05, 3.63) is 35.1 Å². The summed E-state index contributed by atoms with van der Waals surface area (Å²) in [5.41, 5.74) is 3.61. The average Bonchev–Trinajstić information content (AvgIpc) is 2.15. The highest BCUT2D eigenvalue weighted by Crippen LogP contribution is 2.27. The highest BCUT2D eigenvalue weighted by molar-refractivity contribution is 5.75. The van der Waals surface area contributed by atoms with E-state index in [2.05, 4.69) is 0 Å². The zero-order chi connectivity index (χ0) is 12.5. The Hall–Kier alpha value is -1.49. The third-order valence-electron chi connectivity index (χ3n) is 2.28. The fraction of sp³-hybridized carbons (Fsp3) is 0.364. The number of carboxylic acids is 1. The molecular weight excluding hydrogens is 216 g/mol. The Morgan fingerprint density at radius 2 is 2.06 bits per heavy atom. The summed E-state index contributed by atoms with van der Waals surface area (Å²) in [5.74, 6) is -2.10. The first-order chi connectivity index (χ1) is 7.23. The summed E-state index contributed by atoms with van der Waals surface area (Å²) in [6.07, 6.45) is 0. The lowest BCUT2D eigenvalue weighted by Gasteiger charge is -2.17. The molecule has 0 heterocycles. The van der Waals surface area contributed by atoms with Gasteiger partial charge in [-0.2, -0.15) is 0 Å². The molecule has 16 heavy (non-hydrogen) atoms. The molecule has 0 aliphatic carbocycles. The monoisotopic (exact) mass is 229 g/mol. The minimum atomic E-state index is -1.67. The SMILES string of the molecule is CC(C)(F)c1ccc(F)c(C(N)C(=O)O)c1. The van der Waals surface area contributed by atoms with E-state index >= 15 is 0 Å². The van der Waals surface area contributed by atoms with Gasteiger partial charge >= 0.3 is 5.97 Å². The second-order valence-corrected chi connectivity index (χ2v) is 4.02. The molecule has 3 N–H and O–H groups in total. The number of halogens is 2. The van der Waals surface area contributed by atoms with E-state index in [1.807, 2.05) is 0 Å². The third kappa shape index (κ3) is 2.55. The molecule has 0 amide bonds. The molecule has 0 saturated carbocycles. The number of nitrogens with two attached hydrogens (primary N) is 1. The first kappa shape index (κ1) is 12.6. The van der Waals surface area contributed by atoms with Gasteiger partial charge < -0.3 is 10.8 Å². The van der Waals surface area contributed by atoms with Crippen molar-refractivity contribution in [2.45, 2.75) is 25.6 Å². The highest BCUT2D eigenvalue weighted by Gasteiger charge is 2.24. The third-order valence-corrected chi connectivity index (χ3v) is 2.28. The van der Waals surface area contributed by atoms with Crippen LogP contribution in [0.25, 0.3) is 0 Å². The van der Waals surface area contributed by atoms with Gasteiger partial charge in [0.05, 0.1) is 0 Å². The van der Waals surface area contributed by atoms with Gasteiger partial charge in [0.1, 0.15) is 17.5 Å². The second kappa shape index (κ2) is 4.17. The lowest BCUT2D eigenvalue weighted by molar-refractivity contribution is -0.138. The first-order valence-corrected chi connectivity index (χ1v) is 4.70. The van der Waals surface area contributed by atoms with Gasteiger partial charge in [-0.3, -0.25) is 4.79 Å². The molecule has 0 saturated heterocycles. The van der Waals surface area contributed by atoms with E-state index in [4.69, 9.17) is 10.8 Å². The number of benzene rings is 1. The van der Waals surface area contributed by atoms with Gasteiger partial charge in [-0.05, 0) is 31.5 Å². The number of hydrogen-bond donors (Lipinski definition) is 2. The summed E-state index contributed by atoms with van der Waals surface area (Å²) in [6, 6.07) is 1.96. The van der Waals surface area contributed by atoms with Crippen molar-refractivity contribution >= 4 is 5.97 Å². The van der Waals surface area contributed by atoms with E-state index in [1.165, 1.54) is 19.9 Å². The van der Waals surface area contributed by atoms with Crippen molar-refractivity contribution in [2.75, 3.05) is 0 Å². The number of hydrogen-bond acceptors (Lipinski definition) is 2. The lowest BCUT2D eigenvalue weighted by Crippen LogP contribution is -2.23. The Bertz CT molecular complexity index is 413. The minimum Gasteiger partial charge on any atom is -0.480 e. The summed E-state index contributed by atoms with van der Waals surface area (Å²) in [6.45, 7) is 2.60. The smallest absolute Gasteiger partial charge is 0.325 e. The Kier molecular flexibility index (Phi) is 3.28. The molecule has 1 atom stereocenters. The fourth-order valence-corrected chi connectivity index (χ4v) is 1.28. The van der Waals surface area contributed by atoms with Crippen molar-refractivity contribution in [3.63, 3.8) is 0 Å². The maximum atomic E-state index is 13.6. The van der Waals surface area contributed by atoms with Crippen LogP contribution < -0.4 is 5.73 Å². The molecule has 0 fully saturated rings. The Morgan fingerprint density at radius 3 is 2.50 bits per heavy atom. The Morgan fingerprint density at radius 1 is 1.50 bits per heavy atom. The van der Waals surface area contributed by atoms with Crippen LogP contribution in [0.5, 0.6) is 0 Å². The molecule has 1 aromatic carbocycles. The minimum absolute atomic E-state index is 0.195. The molecule has 0 bridgehead atoms. The van der Waals surface area contributed by atoms with Gasteiger partial charge in [0, 0.05) is 5.56 Å². The van der Waals surface area contributed by atoms with E-state index in [0.717, 1.165) is 12.1 Å². The summed E-state index contributed by atoms with van der Waals surface area (Å²) in [7, 11) is 0. The van der Waals surface area contributed by atoms with Crippen molar-refractivity contribution in [2.24, 2.45) is 5.73 Å². The quantitative estimate of drug-likeness (QED) is 0.834. The normalized spacial score (nSPS) is 13.6. The molecule has 1 unspecified atom stereocenters. The number of aliphatic carboxylic acids is 1. The fourth-order valence-electron chi connectivity index (χ4n) is 1.28. The van der Waals surface area contributed by atoms with Crippen LogP contribution in [-0.2, 0) is 10.5 Å². The van der Waals surface area contributed by atoms with Gasteiger partial charge in [0.2, 0.25) is 0 Å². The molecule has 0 aliphatic heterocycles. The largest absolute Gasteiger partial charge is 0.480 e. The van der Waals surface area contributed by atoms with Crippen LogP contribution in [0.15, 0.2) is 18.2 Å². The number of alkyl halides is 1. The molecule has 1 aromatic rings. The van der Waals surface area contributed by atoms with Crippen LogP contribution in [0.4, 0.5) is 8.78 Å². The maximum Gasteiger partial charge on any atom is 0.325 e. The molecule has 3 nitrogen and oxygen atoms in total. The standard InChI is InChI=1S/C11H13F2NO2/c1-11(2,13)6-3-4-8(12)7(5-6)9(14)10(15)16/h3-5,9H,14H2,1-2H3,(H,15,16). The molecule has 88 valence electrons. The van der Waals surface area contributed by atoms with Crippen molar-refractivity contribution in [1.82, 2.24) is 0 Å². The predicted molar refractivity (Wildman–Crippen MR) is 55.1 cm³/mol. The van der Waals surface area contributed by atoms with E-state index in [9.17, 15) is 13.6 Å². The van der Waals surface area contributed by atoms with Crippen molar-refractivity contribution in [3.8, 4) is 0 Å². The van der Waals surface area contributed by atoms with Crippen LogP contribution >= 0.6 is 0 Å². The van der Waals surface area contributed by atoms with Crippen LogP contribution in [0, 0.1) is 5.82 Å². The van der Waals surface area contributed by atoms with E-state index in [-0.39, 0.29) is 11.1 Å². The van der Waals surface area contributed by atoms with Crippen LogP contribution in [0.1, 0.15) is 31.0 Å². The van der Waals surface area contributed by atoms with Gasteiger partial charge in [0.15, 0.2) is 0 Å². The molecule has 0 aliphatic rings. The van der Waals surface area contributed by atoms with Crippen LogP contribution in [-0.4, -0.2) is 11.1 Å².